The van der Waals surface area contributed by atoms with Crippen LogP contribution in [0.5, 0.6) is 0 Å². The van der Waals surface area contributed by atoms with Crippen LogP contribution in [0, 0.1) is 19.3 Å². The minimum Gasteiger partial charge on any atom is -0.396 e. The Bertz CT molecular complexity index is 461. The zero-order chi connectivity index (χ0) is 14.8. The third-order valence-electron chi connectivity index (χ3n) is 4.07. The van der Waals surface area contributed by atoms with E-state index in [9.17, 15) is 9.90 Å². The molecule has 1 aromatic heterocycles. The van der Waals surface area contributed by atoms with Gasteiger partial charge in [0.25, 0.3) is 0 Å². The van der Waals surface area contributed by atoms with Crippen molar-refractivity contribution in [3.8, 4) is 0 Å². The monoisotopic (exact) mass is 281 g/mol. The largest absolute Gasteiger partial charge is 0.396 e. The highest BCUT2D eigenvalue weighted by Crippen LogP contribution is 2.44. The lowest BCUT2D eigenvalue weighted by Crippen LogP contribution is -2.41. The van der Waals surface area contributed by atoms with Gasteiger partial charge in [0.2, 0.25) is 0 Å². The summed E-state index contributed by atoms with van der Waals surface area (Å²) in [5, 5.41) is 18.9. The van der Waals surface area contributed by atoms with E-state index in [-0.39, 0.29) is 24.1 Å². The highest BCUT2D eigenvalue weighted by molar-refractivity contribution is 5.74. The molecule has 1 saturated carbocycles. The Labute approximate surface area is 118 Å². The van der Waals surface area contributed by atoms with Crippen LogP contribution in [0.4, 0.5) is 4.79 Å². The lowest BCUT2D eigenvalue weighted by molar-refractivity contribution is 0.202. The zero-order valence-electron chi connectivity index (χ0n) is 12.3. The first kappa shape index (κ1) is 14.8. The number of hydrogen-bond donors (Lipinski definition) is 3. The number of amides is 2. The second-order valence-corrected chi connectivity index (χ2v) is 5.68. The molecule has 1 unspecified atom stereocenters. The summed E-state index contributed by atoms with van der Waals surface area (Å²) in [5.41, 5.74) is 1.68. The highest BCUT2D eigenvalue weighted by Gasteiger charge is 2.42. The van der Waals surface area contributed by atoms with E-state index in [1.165, 1.54) is 0 Å². The summed E-state index contributed by atoms with van der Waals surface area (Å²) in [7, 11) is 0. The van der Waals surface area contributed by atoms with E-state index in [4.69, 9.17) is 4.52 Å². The molecule has 112 valence electrons. The summed E-state index contributed by atoms with van der Waals surface area (Å²) >= 11 is 0. The summed E-state index contributed by atoms with van der Waals surface area (Å²) in [6, 6.07) is -0.317. The molecule has 0 spiro atoms. The number of aryl methyl sites for hydroxylation is 2. The molecular formula is C14H23N3O3. The lowest BCUT2D eigenvalue weighted by atomic mass is 10.0. The molecule has 6 nitrogen and oxygen atoms in total. The first-order chi connectivity index (χ1) is 9.51. The van der Waals surface area contributed by atoms with Crippen LogP contribution in [-0.2, 0) is 0 Å². The average Bonchev–Trinajstić information content (AvgIpc) is 3.15. The topological polar surface area (TPSA) is 87.4 Å². The van der Waals surface area contributed by atoms with Crippen LogP contribution in [0.3, 0.4) is 0 Å². The second-order valence-electron chi connectivity index (χ2n) is 5.68. The van der Waals surface area contributed by atoms with Gasteiger partial charge in [0.05, 0.1) is 18.3 Å². The molecule has 1 aliphatic rings. The predicted octanol–water partition coefficient (Wildman–Crippen LogP) is 1.81. The van der Waals surface area contributed by atoms with Gasteiger partial charge in [-0.3, -0.25) is 0 Å². The number of aliphatic hydroxyl groups is 1. The molecule has 1 aliphatic carbocycles. The summed E-state index contributed by atoms with van der Waals surface area (Å²) in [6.07, 6.45) is 2.72. The Morgan fingerprint density at radius 2 is 2.20 bits per heavy atom. The fourth-order valence-corrected chi connectivity index (χ4v) is 2.41. The van der Waals surface area contributed by atoms with Gasteiger partial charge in [0.15, 0.2) is 0 Å². The standard InChI is InChI=1S/C14H23N3O3/c1-4-11(12-9(2)17-20-10(12)3)16-13(19)15-7-14(8-18)5-6-14/h11,18H,4-8H2,1-3H3,(H2,15,16,19). The molecule has 3 N–H and O–H groups in total. The molecule has 0 saturated heterocycles. The predicted molar refractivity (Wildman–Crippen MR) is 74.3 cm³/mol. The second kappa shape index (κ2) is 5.83. The number of aliphatic hydroxyl groups excluding tert-OH is 1. The van der Waals surface area contributed by atoms with E-state index in [1.807, 2.05) is 20.8 Å². The summed E-state index contributed by atoms with van der Waals surface area (Å²) in [6.45, 7) is 6.39. The van der Waals surface area contributed by atoms with Crippen molar-refractivity contribution < 1.29 is 14.4 Å². The van der Waals surface area contributed by atoms with Gasteiger partial charge in [0, 0.05) is 17.5 Å². The van der Waals surface area contributed by atoms with Crippen LogP contribution in [-0.4, -0.2) is 29.4 Å². The molecule has 0 aliphatic heterocycles. The van der Waals surface area contributed by atoms with E-state index in [0.717, 1.165) is 36.3 Å². The normalized spacial score (nSPS) is 17.6. The van der Waals surface area contributed by atoms with E-state index in [0.29, 0.717) is 6.54 Å². The van der Waals surface area contributed by atoms with Crippen molar-refractivity contribution in [3.63, 3.8) is 0 Å². The SMILES string of the molecule is CCC(NC(=O)NCC1(CO)CC1)c1c(C)noc1C. The fourth-order valence-electron chi connectivity index (χ4n) is 2.41. The molecule has 0 bridgehead atoms. The van der Waals surface area contributed by atoms with E-state index in [1.54, 1.807) is 0 Å². The quantitative estimate of drug-likeness (QED) is 0.742. The maximum atomic E-state index is 12.0. The van der Waals surface area contributed by atoms with Crippen LogP contribution >= 0.6 is 0 Å². The minimum atomic E-state index is -0.212. The molecule has 20 heavy (non-hydrogen) atoms. The molecule has 0 aromatic carbocycles. The Hall–Kier alpha value is -1.56. The number of rotatable bonds is 6. The third-order valence-corrected chi connectivity index (χ3v) is 4.07. The van der Waals surface area contributed by atoms with Crippen molar-refractivity contribution in [2.24, 2.45) is 5.41 Å². The molecule has 0 radical (unpaired) electrons. The van der Waals surface area contributed by atoms with Crippen molar-refractivity contribution in [2.75, 3.05) is 13.2 Å². The Morgan fingerprint density at radius 3 is 2.65 bits per heavy atom. The van der Waals surface area contributed by atoms with Gasteiger partial charge in [-0.2, -0.15) is 0 Å². The maximum Gasteiger partial charge on any atom is 0.315 e. The van der Waals surface area contributed by atoms with Gasteiger partial charge in [-0.05, 0) is 33.1 Å². The van der Waals surface area contributed by atoms with Crippen molar-refractivity contribution in [1.29, 1.82) is 0 Å². The van der Waals surface area contributed by atoms with Crippen LogP contribution in [0.25, 0.3) is 0 Å². The molecule has 2 rings (SSSR count). The average molecular weight is 281 g/mol. The van der Waals surface area contributed by atoms with Gasteiger partial charge in [0.1, 0.15) is 5.76 Å². The molecule has 1 fully saturated rings. The summed E-state index contributed by atoms with van der Waals surface area (Å²) < 4.78 is 5.15. The van der Waals surface area contributed by atoms with Gasteiger partial charge in [-0.25, -0.2) is 4.79 Å². The Balaban J connectivity index is 1.91. The fraction of sp³-hybridized carbons (Fsp3) is 0.714. The number of carbonyl (C=O) groups is 1. The molecule has 1 atom stereocenters. The molecular weight excluding hydrogens is 258 g/mol. The highest BCUT2D eigenvalue weighted by atomic mass is 16.5. The van der Waals surface area contributed by atoms with E-state index in [2.05, 4.69) is 15.8 Å². The maximum absolute atomic E-state index is 12.0. The number of hydrogen-bond acceptors (Lipinski definition) is 4. The Kier molecular flexibility index (Phi) is 4.32. The number of nitrogens with one attached hydrogen (secondary N) is 2. The summed E-state index contributed by atoms with van der Waals surface area (Å²) in [5.74, 6) is 0.740. The Morgan fingerprint density at radius 1 is 1.50 bits per heavy atom. The van der Waals surface area contributed by atoms with Crippen molar-refractivity contribution >= 4 is 6.03 Å². The van der Waals surface area contributed by atoms with E-state index >= 15 is 0 Å². The number of nitrogens with zero attached hydrogens (tertiary/aromatic N) is 1. The van der Waals surface area contributed by atoms with Crippen LogP contribution in [0.2, 0.25) is 0 Å². The van der Waals surface area contributed by atoms with Gasteiger partial charge >= 0.3 is 6.03 Å². The van der Waals surface area contributed by atoms with Gasteiger partial charge in [-0.1, -0.05) is 12.1 Å². The van der Waals surface area contributed by atoms with Crippen LogP contribution < -0.4 is 10.6 Å². The number of urea groups is 1. The van der Waals surface area contributed by atoms with Crippen LogP contribution in [0.1, 0.15) is 49.2 Å². The first-order valence-corrected chi connectivity index (χ1v) is 7.09. The first-order valence-electron chi connectivity index (χ1n) is 7.09. The van der Waals surface area contributed by atoms with Gasteiger partial charge < -0.3 is 20.3 Å². The van der Waals surface area contributed by atoms with Crippen LogP contribution in [0.15, 0.2) is 4.52 Å². The van der Waals surface area contributed by atoms with Gasteiger partial charge in [-0.15, -0.1) is 0 Å². The molecule has 2 amide bonds. The lowest BCUT2D eigenvalue weighted by Gasteiger charge is -2.19. The molecule has 6 heteroatoms. The molecule has 1 heterocycles. The third kappa shape index (κ3) is 3.12. The number of carbonyl (C=O) groups excluding carboxylic acids is 1. The smallest absolute Gasteiger partial charge is 0.315 e. The van der Waals surface area contributed by atoms with E-state index < -0.39 is 0 Å². The molecule has 1 aromatic rings. The minimum absolute atomic E-state index is 0.0813. The van der Waals surface area contributed by atoms with Crippen molar-refractivity contribution in [2.45, 2.75) is 46.1 Å². The van der Waals surface area contributed by atoms with Crippen molar-refractivity contribution in [3.05, 3.63) is 17.0 Å². The zero-order valence-corrected chi connectivity index (χ0v) is 12.3. The summed E-state index contributed by atoms with van der Waals surface area (Å²) in [4.78, 5) is 12.0. The van der Waals surface area contributed by atoms with Crippen molar-refractivity contribution in [1.82, 2.24) is 15.8 Å². The number of aromatic nitrogens is 1.